The molecule has 1 N–H and O–H groups in total. The summed E-state index contributed by atoms with van der Waals surface area (Å²) in [5.41, 5.74) is 0.884. The number of aromatic nitrogens is 1. The number of rotatable bonds is 3. The van der Waals surface area contributed by atoms with E-state index in [1.54, 1.807) is 6.07 Å². The van der Waals surface area contributed by atoms with E-state index in [0.29, 0.717) is 5.69 Å². The highest BCUT2D eigenvalue weighted by atomic mass is 32.1. The maximum Gasteiger partial charge on any atom is 0.416 e. The van der Waals surface area contributed by atoms with Crippen LogP contribution in [0.4, 0.5) is 24.0 Å². The molecule has 0 amide bonds. The number of nitrogens with zero attached hydrogens (tertiary/aromatic N) is 1. The molecular formula is C13H14F3N2S+. The lowest BCUT2D eigenvalue weighted by atomic mass is 10.2. The van der Waals surface area contributed by atoms with E-state index in [1.165, 1.54) is 17.4 Å². The van der Waals surface area contributed by atoms with Gasteiger partial charge >= 0.3 is 11.3 Å². The quantitative estimate of drug-likeness (QED) is 0.839. The zero-order valence-electron chi connectivity index (χ0n) is 10.6. The Morgan fingerprint density at radius 1 is 1.32 bits per heavy atom. The average Bonchev–Trinajstić information content (AvgIpc) is 2.69. The molecule has 0 aliphatic carbocycles. The molecule has 0 atom stereocenters. The monoisotopic (exact) mass is 287 g/mol. The number of halogens is 3. The minimum Gasteiger partial charge on any atom is -0.231 e. The molecule has 0 fully saturated rings. The molecule has 0 radical (unpaired) electrons. The first-order valence-electron chi connectivity index (χ1n) is 5.84. The minimum atomic E-state index is -4.32. The van der Waals surface area contributed by atoms with Crippen molar-refractivity contribution in [2.24, 2.45) is 0 Å². The number of nitrogens with one attached hydrogen (secondary N) is 1. The maximum absolute atomic E-state index is 12.6. The predicted molar refractivity (Wildman–Crippen MR) is 69.7 cm³/mol. The molecule has 2 aromatic rings. The summed E-state index contributed by atoms with van der Waals surface area (Å²) in [4.78, 5) is 0. The summed E-state index contributed by atoms with van der Waals surface area (Å²) in [6, 6.07) is 5.22. The van der Waals surface area contributed by atoms with Crippen LogP contribution in [0.2, 0.25) is 0 Å². The summed E-state index contributed by atoms with van der Waals surface area (Å²) >= 11 is 1.48. The van der Waals surface area contributed by atoms with Crippen LogP contribution in [0, 0.1) is 6.92 Å². The number of aryl methyl sites for hydroxylation is 1. The Morgan fingerprint density at radius 2 is 2.05 bits per heavy atom. The fraction of sp³-hybridized carbons (Fsp3) is 0.308. The summed E-state index contributed by atoms with van der Waals surface area (Å²) < 4.78 is 39.9. The van der Waals surface area contributed by atoms with Gasteiger partial charge in [0, 0.05) is 5.38 Å². The summed E-state index contributed by atoms with van der Waals surface area (Å²) in [5.74, 6) is 0. The lowest BCUT2D eigenvalue weighted by molar-refractivity contribution is -0.681. The third-order valence-electron chi connectivity index (χ3n) is 2.77. The van der Waals surface area contributed by atoms with Gasteiger partial charge in [-0.2, -0.15) is 13.2 Å². The van der Waals surface area contributed by atoms with Crippen LogP contribution in [-0.2, 0) is 12.7 Å². The Morgan fingerprint density at radius 3 is 2.68 bits per heavy atom. The van der Waals surface area contributed by atoms with Gasteiger partial charge in [0.25, 0.3) is 0 Å². The highest BCUT2D eigenvalue weighted by Crippen LogP contribution is 2.31. The highest BCUT2D eigenvalue weighted by molar-refractivity contribution is 7.13. The molecule has 102 valence electrons. The third-order valence-corrected chi connectivity index (χ3v) is 3.77. The second-order valence-electron chi connectivity index (χ2n) is 4.13. The fourth-order valence-corrected chi connectivity index (χ4v) is 2.80. The van der Waals surface area contributed by atoms with E-state index in [1.807, 2.05) is 23.8 Å². The topological polar surface area (TPSA) is 15.9 Å². The number of thiazole rings is 1. The standard InChI is InChI=1S/C13H13F3N2S/c1-3-18-9(2)8-19-12(18)17-11-6-4-5-10(7-11)13(14,15)16/h4-8H,3H2,1-2H3/p+1. The lowest BCUT2D eigenvalue weighted by Crippen LogP contribution is -2.35. The smallest absolute Gasteiger partial charge is 0.231 e. The molecule has 0 saturated carbocycles. The van der Waals surface area contributed by atoms with Gasteiger partial charge in [-0.25, -0.2) is 9.88 Å². The van der Waals surface area contributed by atoms with Gasteiger partial charge in [-0.15, -0.1) is 0 Å². The summed E-state index contributed by atoms with van der Waals surface area (Å²) in [7, 11) is 0. The Balaban J connectivity index is 2.29. The summed E-state index contributed by atoms with van der Waals surface area (Å²) in [5, 5.41) is 5.84. The van der Waals surface area contributed by atoms with E-state index >= 15 is 0 Å². The van der Waals surface area contributed by atoms with Crippen molar-refractivity contribution in [3.05, 3.63) is 40.9 Å². The number of hydrogen-bond acceptors (Lipinski definition) is 2. The van der Waals surface area contributed by atoms with Crippen molar-refractivity contribution in [3.63, 3.8) is 0 Å². The van der Waals surface area contributed by atoms with Crippen molar-refractivity contribution < 1.29 is 17.7 Å². The molecule has 1 aromatic heterocycles. The van der Waals surface area contributed by atoms with Crippen molar-refractivity contribution in [1.82, 2.24) is 0 Å². The van der Waals surface area contributed by atoms with Crippen LogP contribution < -0.4 is 9.88 Å². The first-order valence-corrected chi connectivity index (χ1v) is 6.72. The van der Waals surface area contributed by atoms with Crippen LogP contribution in [0.1, 0.15) is 18.2 Å². The van der Waals surface area contributed by atoms with E-state index in [9.17, 15) is 13.2 Å². The van der Waals surface area contributed by atoms with Crippen LogP contribution in [0.25, 0.3) is 0 Å². The fourth-order valence-electron chi connectivity index (χ4n) is 1.82. The zero-order chi connectivity index (χ0) is 14.0. The van der Waals surface area contributed by atoms with Gasteiger partial charge < -0.3 is 0 Å². The molecule has 0 unspecified atom stereocenters. The van der Waals surface area contributed by atoms with E-state index in [-0.39, 0.29) is 0 Å². The van der Waals surface area contributed by atoms with E-state index in [0.717, 1.165) is 29.5 Å². The van der Waals surface area contributed by atoms with Gasteiger partial charge in [-0.05, 0) is 32.0 Å². The zero-order valence-corrected chi connectivity index (χ0v) is 11.4. The Hall–Kier alpha value is -1.56. The molecule has 19 heavy (non-hydrogen) atoms. The van der Waals surface area contributed by atoms with E-state index in [2.05, 4.69) is 5.32 Å². The van der Waals surface area contributed by atoms with E-state index < -0.39 is 11.7 Å². The summed E-state index contributed by atoms with van der Waals surface area (Å²) in [6.45, 7) is 4.74. The number of alkyl halides is 3. The number of benzene rings is 1. The molecule has 6 heteroatoms. The molecule has 1 aromatic carbocycles. The van der Waals surface area contributed by atoms with Crippen LogP contribution in [0.15, 0.2) is 29.6 Å². The Bertz CT molecular complexity index is 576. The van der Waals surface area contributed by atoms with Gasteiger partial charge in [0.1, 0.15) is 11.4 Å². The molecule has 2 rings (SSSR count). The van der Waals surface area contributed by atoms with Crippen molar-refractivity contribution in [1.29, 1.82) is 0 Å². The first kappa shape index (κ1) is 13.9. The van der Waals surface area contributed by atoms with Gasteiger partial charge in [-0.3, -0.25) is 0 Å². The largest absolute Gasteiger partial charge is 0.416 e. The lowest BCUT2D eigenvalue weighted by Gasteiger charge is -2.07. The second-order valence-corrected chi connectivity index (χ2v) is 4.99. The van der Waals surface area contributed by atoms with Gasteiger partial charge in [0.2, 0.25) is 0 Å². The first-order chi connectivity index (χ1) is 8.91. The average molecular weight is 287 g/mol. The summed E-state index contributed by atoms with van der Waals surface area (Å²) in [6.07, 6.45) is -4.32. The van der Waals surface area contributed by atoms with Gasteiger partial charge in [0.15, 0.2) is 0 Å². The van der Waals surface area contributed by atoms with Crippen molar-refractivity contribution >= 4 is 22.2 Å². The molecule has 0 aliphatic heterocycles. The third kappa shape index (κ3) is 3.07. The van der Waals surface area contributed by atoms with Crippen molar-refractivity contribution in [3.8, 4) is 0 Å². The normalized spacial score (nSPS) is 11.6. The van der Waals surface area contributed by atoms with Gasteiger partial charge in [0.05, 0.1) is 12.1 Å². The predicted octanol–water partition coefficient (Wildman–Crippen LogP) is 4.13. The molecule has 0 aliphatic rings. The molecule has 2 nitrogen and oxygen atoms in total. The Labute approximate surface area is 113 Å². The van der Waals surface area contributed by atoms with Crippen LogP contribution in [0.5, 0.6) is 0 Å². The van der Waals surface area contributed by atoms with Crippen molar-refractivity contribution in [2.45, 2.75) is 26.6 Å². The maximum atomic E-state index is 12.6. The van der Waals surface area contributed by atoms with Gasteiger partial charge in [-0.1, -0.05) is 17.4 Å². The second kappa shape index (κ2) is 5.21. The molecule has 1 heterocycles. The minimum absolute atomic E-state index is 0.443. The molecular weight excluding hydrogens is 273 g/mol. The van der Waals surface area contributed by atoms with Crippen LogP contribution in [-0.4, -0.2) is 0 Å². The number of anilines is 2. The number of hydrogen-bond donors (Lipinski definition) is 1. The van der Waals surface area contributed by atoms with Crippen LogP contribution in [0.3, 0.4) is 0 Å². The molecule has 0 saturated heterocycles. The van der Waals surface area contributed by atoms with Crippen molar-refractivity contribution in [2.75, 3.05) is 5.32 Å². The highest BCUT2D eigenvalue weighted by Gasteiger charge is 2.31. The Kier molecular flexibility index (Phi) is 3.80. The van der Waals surface area contributed by atoms with E-state index in [4.69, 9.17) is 0 Å². The SMILES string of the molecule is CC[n+]1c(C)csc1Nc1cccc(C(F)(F)F)c1. The molecule has 0 bridgehead atoms. The van der Waals surface area contributed by atoms with Crippen LogP contribution >= 0.6 is 11.3 Å². The molecule has 0 spiro atoms.